The maximum atomic E-state index is 6.15. The van der Waals surface area contributed by atoms with Gasteiger partial charge in [-0.3, -0.25) is 0 Å². The van der Waals surface area contributed by atoms with Gasteiger partial charge in [0.05, 0.1) is 0 Å². The molecule has 0 aliphatic heterocycles. The van der Waals surface area contributed by atoms with Gasteiger partial charge in [0.25, 0.3) is 0 Å². The van der Waals surface area contributed by atoms with Crippen molar-refractivity contribution < 1.29 is 4.42 Å². The molecule has 0 bridgehead atoms. The quantitative estimate of drug-likeness (QED) is 0.174. The maximum Gasteiger partial charge on any atom is 0.164 e. The Labute approximate surface area is 304 Å². The van der Waals surface area contributed by atoms with Gasteiger partial charge in [-0.15, -0.1) is 0 Å². The van der Waals surface area contributed by atoms with Gasteiger partial charge in [-0.2, -0.15) is 0 Å². The molecule has 0 saturated heterocycles. The Hall–Kier alpha value is -7.17. The van der Waals surface area contributed by atoms with Crippen molar-refractivity contribution in [1.82, 2.24) is 15.0 Å². The summed E-state index contributed by atoms with van der Waals surface area (Å²) in [6, 6.07) is 61.8. The summed E-state index contributed by atoms with van der Waals surface area (Å²) in [6.07, 6.45) is 0. The van der Waals surface area contributed by atoms with E-state index in [1.54, 1.807) is 0 Å². The third kappa shape index (κ3) is 4.88. The highest BCUT2D eigenvalue weighted by Gasteiger charge is 2.18. The Bertz CT molecular complexity index is 3240. The molecule has 2 aromatic heterocycles. The SMILES string of the molecule is c1ccc(-c2nc(-c3ccc4oc5ccccc5c4c3)nc(-c3cc4ccccc4cc3-c3ccc4c(ccc5c6ccccc6ccc45)c3)n2)cc1. The highest BCUT2D eigenvalue weighted by atomic mass is 16.3. The highest BCUT2D eigenvalue weighted by molar-refractivity contribution is 6.17. The van der Waals surface area contributed by atoms with Crippen LogP contribution in [0.3, 0.4) is 0 Å². The predicted octanol–water partition coefficient (Wildman–Crippen LogP) is 13.1. The summed E-state index contributed by atoms with van der Waals surface area (Å²) in [6.45, 7) is 0. The second-order valence-corrected chi connectivity index (χ2v) is 13.6. The zero-order valence-corrected chi connectivity index (χ0v) is 28.5. The minimum atomic E-state index is 0.609. The minimum absolute atomic E-state index is 0.609. The molecular formula is C49H29N3O. The van der Waals surface area contributed by atoms with Crippen LogP contribution in [0.2, 0.25) is 0 Å². The summed E-state index contributed by atoms with van der Waals surface area (Å²) in [7, 11) is 0. The van der Waals surface area contributed by atoms with Gasteiger partial charge in [-0.1, -0.05) is 133 Å². The Morgan fingerprint density at radius 3 is 1.66 bits per heavy atom. The molecule has 0 fully saturated rings. The van der Waals surface area contributed by atoms with Crippen LogP contribution in [0.1, 0.15) is 0 Å². The predicted molar refractivity (Wildman–Crippen MR) is 219 cm³/mol. The number of hydrogen-bond acceptors (Lipinski definition) is 4. The molecule has 0 amide bonds. The molecule has 4 heteroatoms. The normalized spacial score (nSPS) is 11.8. The van der Waals surface area contributed by atoms with E-state index in [1.807, 2.05) is 60.7 Å². The number of rotatable bonds is 4. The Kier molecular flexibility index (Phi) is 6.52. The summed E-state index contributed by atoms with van der Waals surface area (Å²) in [5.41, 5.74) is 6.65. The fourth-order valence-electron chi connectivity index (χ4n) is 7.87. The lowest BCUT2D eigenvalue weighted by Crippen LogP contribution is -2.01. The first-order valence-electron chi connectivity index (χ1n) is 17.8. The zero-order valence-electron chi connectivity index (χ0n) is 28.5. The first-order valence-corrected chi connectivity index (χ1v) is 17.8. The van der Waals surface area contributed by atoms with E-state index in [0.717, 1.165) is 60.5 Å². The molecule has 11 aromatic rings. The van der Waals surface area contributed by atoms with Gasteiger partial charge >= 0.3 is 0 Å². The van der Waals surface area contributed by atoms with E-state index in [4.69, 9.17) is 19.4 Å². The first kappa shape index (κ1) is 29.5. The Balaban J connectivity index is 1.14. The molecule has 53 heavy (non-hydrogen) atoms. The average molecular weight is 676 g/mol. The molecule has 0 atom stereocenters. The van der Waals surface area contributed by atoms with Gasteiger partial charge in [0.2, 0.25) is 0 Å². The molecule has 2 heterocycles. The molecule has 0 spiro atoms. The number of para-hydroxylation sites is 1. The summed E-state index contributed by atoms with van der Waals surface area (Å²) in [5, 5.41) is 11.8. The van der Waals surface area contributed by atoms with Crippen molar-refractivity contribution >= 4 is 65.0 Å². The topological polar surface area (TPSA) is 51.8 Å². The van der Waals surface area contributed by atoms with Gasteiger partial charge in [0, 0.05) is 27.5 Å². The molecular weight excluding hydrogens is 647 g/mol. The molecule has 0 N–H and O–H groups in total. The van der Waals surface area contributed by atoms with E-state index < -0.39 is 0 Å². The van der Waals surface area contributed by atoms with E-state index in [9.17, 15) is 0 Å². The average Bonchev–Trinajstić information content (AvgIpc) is 3.61. The fraction of sp³-hybridized carbons (Fsp3) is 0. The minimum Gasteiger partial charge on any atom is -0.456 e. The number of hydrogen-bond donors (Lipinski definition) is 0. The van der Waals surface area contributed by atoms with E-state index >= 15 is 0 Å². The number of benzene rings is 9. The number of furan rings is 1. The van der Waals surface area contributed by atoms with E-state index in [0.29, 0.717) is 17.5 Å². The van der Waals surface area contributed by atoms with Crippen LogP contribution in [-0.4, -0.2) is 15.0 Å². The van der Waals surface area contributed by atoms with Crippen molar-refractivity contribution in [2.24, 2.45) is 0 Å². The summed E-state index contributed by atoms with van der Waals surface area (Å²) in [4.78, 5) is 15.5. The molecule has 4 nitrogen and oxygen atoms in total. The number of aromatic nitrogens is 3. The molecule has 0 aliphatic carbocycles. The standard InChI is InChI=1S/C49H29N3O/c1-2-11-31(12-3-1)47-50-48(36-21-25-46-43(29-36)41-16-8-9-17-45(41)53-46)52-49(51-47)44-28-33-14-5-4-13-32(33)27-42(44)35-19-22-38-34(26-35)20-24-39-37-15-7-6-10-30(37)18-23-40(38)39/h1-29H. The molecule has 0 aliphatic rings. The van der Waals surface area contributed by atoms with Crippen LogP contribution in [-0.2, 0) is 0 Å². The van der Waals surface area contributed by atoms with Gasteiger partial charge in [-0.05, 0) is 96.7 Å². The first-order chi connectivity index (χ1) is 26.2. The second-order valence-electron chi connectivity index (χ2n) is 13.6. The summed E-state index contributed by atoms with van der Waals surface area (Å²) < 4.78 is 6.15. The summed E-state index contributed by atoms with van der Waals surface area (Å²) >= 11 is 0. The van der Waals surface area contributed by atoms with Crippen molar-refractivity contribution in [1.29, 1.82) is 0 Å². The number of fused-ring (bicyclic) bond motifs is 9. The lowest BCUT2D eigenvalue weighted by atomic mass is 9.91. The molecule has 9 aromatic carbocycles. The second kappa shape index (κ2) is 11.7. The smallest absolute Gasteiger partial charge is 0.164 e. The molecule has 0 unspecified atom stereocenters. The molecule has 246 valence electrons. The maximum absolute atomic E-state index is 6.15. The van der Waals surface area contributed by atoms with Gasteiger partial charge in [-0.25, -0.2) is 15.0 Å². The van der Waals surface area contributed by atoms with Crippen molar-refractivity contribution in [3.8, 4) is 45.3 Å². The van der Waals surface area contributed by atoms with Gasteiger partial charge < -0.3 is 4.42 Å². The van der Waals surface area contributed by atoms with Crippen LogP contribution in [0.5, 0.6) is 0 Å². The third-order valence-corrected chi connectivity index (χ3v) is 10.5. The van der Waals surface area contributed by atoms with Crippen LogP contribution in [0.4, 0.5) is 0 Å². The van der Waals surface area contributed by atoms with Crippen LogP contribution in [0, 0.1) is 0 Å². The van der Waals surface area contributed by atoms with Gasteiger partial charge in [0.15, 0.2) is 17.5 Å². The van der Waals surface area contributed by atoms with Crippen LogP contribution in [0.15, 0.2) is 180 Å². The monoisotopic (exact) mass is 675 g/mol. The molecule has 0 saturated carbocycles. The van der Waals surface area contributed by atoms with Crippen molar-refractivity contribution in [3.05, 3.63) is 176 Å². The van der Waals surface area contributed by atoms with Crippen LogP contribution >= 0.6 is 0 Å². The summed E-state index contributed by atoms with van der Waals surface area (Å²) in [5.74, 6) is 1.85. The Morgan fingerprint density at radius 1 is 0.283 bits per heavy atom. The van der Waals surface area contributed by atoms with E-state index in [-0.39, 0.29) is 0 Å². The Morgan fingerprint density at radius 2 is 0.849 bits per heavy atom. The fourth-order valence-corrected chi connectivity index (χ4v) is 7.87. The lowest BCUT2D eigenvalue weighted by molar-refractivity contribution is 0.669. The van der Waals surface area contributed by atoms with Crippen molar-refractivity contribution in [2.75, 3.05) is 0 Å². The van der Waals surface area contributed by atoms with E-state index in [1.165, 1.54) is 32.3 Å². The van der Waals surface area contributed by atoms with Gasteiger partial charge in [0.1, 0.15) is 11.2 Å². The van der Waals surface area contributed by atoms with E-state index in [2.05, 4.69) is 115 Å². The van der Waals surface area contributed by atoms with Crippen LogP contribution < -0.4 is 0 Å². The van der Waals surface area contributed by atoms with Crippen LogP contribution in [0.25, 0.3) is 110 Å². The van der Waals surface area contributed by atoms with Crippen molar-refractivity contribution in [3.63, 3.8) is 0 Å². The molecule has 0 radical (unpaired) electrons. The highest BCUT2D eigenvalue weighted by Crippen LogP contribution is 2.39. The lowest BCUT2D eigenvalue weighted by Gasteiger charge is -2.15. The zero-order chi connectivity index (χ0) is 34.9. The number of nitrogens with zero attached hydrogens (tertiary/aromatic N) is 3. The third-order valence-electron chi connectivity index (χ3n) is 10.5. The van der Waals surface area contributed by atoms with Crippen molar-refractivity contribution in [2.45, 2.75) is 0 Å². The largest absolute Gasteiger partial charge is 0.456 e. The molecule has 11 rings (SSSR count).